The summed E-state index contributed by atoms with van der Waals surface area (Å²) in [6.07, 6.45) is 0.886. The Balaban J connectivity index is 2.27. The van der Waals surface area contributed by atoms with Crippen LogP contribution in [-0.4, -0.2) is 29.9 Å². The van der Waals surface area contributed by atoms with Crippen molar-refractivity contribution >= 4 is 17.4 Å². The number of rotatable bonds is 6. The number of esters is 1. The first kappa shape index (κ1) is 17.8. The Labute approximate surface area is 142 Å². The van der Waals surface area contributed by atoms with Crippen molar-refractivity contribution in [2.45, 2.75) is 40.2 Å². The minimum absolute atomic E-state index is 0.0864. The fourth-order valence-corrected chi connectivity index (χ4v) is 2.89. The molecule has 5 heteroatoms. The molecule has 2 aromatic rings. The van der Waals surface area contributed by atoms with Crippen LogP contribution >= 0.6 is 0 Å². The molecule has 0 unspecified atom stereocenters. The number of benzene rings is 1. The maximum absolute atomic E-state index is 12.8. The SMILES string of the molecule is CCc1ccccc1N[C@H](C)C(=O)c1[nH]c(C)c(C(=O)OC)c1C. The van der Waals surface area contributed by atoms with E-state index in [9.17, 15) is 9.59 Å². The highest BCUT2D eigenvalue weighted by Crippen LogP contribution is 2.22. The van der Waals surface area contributed by atoms with Crippen molar-refractivity contribution in [1.82, 2.24) is 4.98 Å². The fraction of sp³-hybridized carbons (Fsp3) is 0.368. The molecule has 0 radical (unpaired) electrons. The van der Waals surface area contributed by atoms with Crippen LogP contribution in [0.2, 0.25) is 0 Å². The zero-order valence-corrected chi connectivity index (χ0v) is 14.8. The largest absolute Gasteiger partial charge is 0.465 e. The number of aromatic nitrogens is 1. The molecule has 0 saturated heterocycles. The van der Waals surface area contributed by atoms with E-state index in [2.05, 4.69) is 17.2 Å². The lowest BCUT2D eigenvalue weighted by Crippen LogP contribution is -2.27. The molecule has 0 spiro atoms. The van der Waals surface area contributed by atoms with Crippen molar-refractivity contribution in [2.75, 3.05) is 12.4 Å². The molecule has 0 bridgehead atoms. The number of hydrogen-bond acceptors (Lipinski definition) is 4. The number of nitrogens with one attached hydrogen (secondary N) is 2. The molecule has 0 aliphatic rings. The third-order valence-corrected chi connectivity index (χ3v) is 4.24. The minimum Gasteiger partial charge on any atom is -0.465 e. The summed E-state index contributed by atoms with van der Waals surface area (Å²) >= 11 is 0. The van der Waals surface area contributed by atoms with Gasteiger partial charge in [0.15, 0.2) is 0 Å². The molecule has 128 valence electrons. The van der Waals surface area contributed by atoms with Gasteiger partial charge in [0.1, 0.15) is 0 Å². The zero-order valence-electron chi connectivity index (χ0n) is 14.8. The summed E-state index contributed by atoms with van der Waals surface area (Å²) in [5.74, 6) is -0.520. The third kappa shape index (κ3) is 3.35. The van der Waals surface area contributed by atoms with Crippen molar-refractivity contribution in [1.29, 1.82) is 0 Å². The van der Waals surface area contributed by atoms with E-state index in [-0.39, 0.29) is 5.78 Å². The highest BCUT2D eigenvalue weighted by molar-refractivity contribution is 6.04. The molecule has 0 aliphatic heterocycles. The first-order valence-electron chi connectivity index (χ1n) is 8.06. The normalized spacial score (nSPS) is 11.9. The topological polar surface area (TPSA) is 71.2 Å². The monoisotopic (exact) mass is 328 g/mol. The van der Waals surface area contributed by atoms with Gasteiger partial charge < -0.3 is 15.0 Å². The number of aryl methyl sites for hydroxylation is 2. The van der Waals surface area contributed by atoms with E-state index in [0.29, 0.717) is 22.5 Å². The van der Waals surface area contributed by atoms with Gasteiger partial charge in [0, 0.05) is 11.4 Å². The molecule has 0 fully saturated rings. The van der Waals surface area contributed by atoms with E-state index in [4.69, 9.17) is 4.74 Å². The summed E-state index contributed by atoms with van der Waals surface area (Å²) < 4.78 is 4.79. The maximum Gasteiger partial charge on any atom is 0.339 e. The van der Waals surface area contributed by atoms with Crippen molar-refractivity contribution in [3.05, 3.63) is 52.3 Å². The smallest absolute Gasteiger partial charge is 0.339 e. The number of carbonyl (C=O) groups is 2. The lowest BCUT2D eigenvalue weighted by Gasteiger charge is -2.16. The van der Waals surface area contributed by atoms with Crippen molar-refractivity contribution in [3.63, 3.8) is 0 Å². The molecular weight excluding hydrogens is 304 g/mol. The molecule has 2 rings (SSSR count). The summed E-state index contributed by atoms with van der Waals surface area (Å²) in [6, 6.07) is 7.52. The maximum atomic E-state index is 12.8. The number of ether oxygens (including phenoxy) is 1. The number of Topliss-reactive ketones (excluding diaryl/α,β-unsaturated/α-hetero) is 1. The lowest BCUT2D eigenvalue weighted by atomic mass is 10.0. The molecule has 1 heterocycles. The second-order valence-electron chi connectivity index (χ2n) is 5.86. The summed E-state index contributed by atoms with van der Waals surface area (Å²) in [7, 11) is 1.33. The second kappa shape index (κ2) is 7.34. The van der Waals surface area contributed by atoms with Crippen LogP contribution < -0.4 is 5.32 Å². The summed E-state index contributed by atoms with van der Waals surface area (Å²) in [4.78, 5) is 27.7. The van der Waals surface area contributed by atoms with Crippen molar-refractivity contribution < 1.29 is 14.3 Å². The molecule has 5 nitrogen and oxygen atoms in total. The van der Waals surface area contributed by atoms with Crippen LogP contribution in [-0.2, 0) is 11.2 Å². The number of hydrogen-bond donors (Lipinski definition) is 2. The number of methoxy groups -OCH3 is 1. The Hall–Kier alpha value is -2.56. The number of H-pyrrole nitrogens is 1. The Morgan fingerprint density at radius 3 is 2.54 bits per heavy atom. The molecule has 1 atom stereocenters. The quantitative estimate of drug-likeness (QED) is 0.627. The van der Waals surface area contributed by atoms with Crippen molar-refractivity contribution in [2.24, 2.45) is 0 Å². The number of carbonyl (C=O) groups excluding carboxylic acids is 2. The molecule has 0 saturated carbocycles. The van der Waals surface area contributed by atoms with Gasteiger partial charge in [-0.1, -0.05) is 25.1 Å². The molecule has 1 aromatic heterocycles. The van der Waals surface area contributed by atoms with E-state index < -0.39 is 12.0 Å². The average molecular weight is 328 g/mol. The summed E-state index contributed by atoms with van der Waals surface area (Å²) in [5, 5.41) is 3.27. The first-order valence-corrected chi connectivity index (χ1v) is 8.06. The summed E-state index contributed by atoms with van der Waals surface area (Å²) in [5.41, 5.74) is 4.26. The van der Waals surface area contributed by atoms with E-state index in [0.717, 1.165) is 17.7 Å². The van der Waals surface area contributed by atoms with Crippen LogP contribution in [0.15, 0.2) is 24.3 Å². The Kier molecular flexibility index (Phi) is 5.44. The van der Waals surface area contributed by atoms with Gasteiger partial charge in [-0.3, -0.25) is 4.79 Å². The van der Waals surface area contributed by atoms with Gasteiger partial charge in [0.05, 0.1) is 24.4 Å². The molecular formula is C19H24N2O3. The van der Waals surface area contributed by atoms with Gasteiger partial charge in [-0.15, -0.1) is 0 Å². The van der Waals surface area contributed by atoms with E-state index in [1.165, 1.54) is 7.11 Å². The van der Waals surface area contributed by atoms with Crippen molar-refractivity contribution in [3.8, 4) is 0 Å². The van der Waals surface area contributed by atoms with Gasteiger partial charge in [-0.05, 0) is 44.4 Å². The average Bonchev–Trinajstić information content (AvgIpc) is 2.88. The molecule has 0 aliphatic carbocycles. The first-order chi connectivity index (χ1) is 11.4. The van der Waals surface area contributed by atoms with E-state index >= 15 is 0 Å². The number of aromatic amines is 1. The van der Waals surface area contributed by atoms with Crippen LogP contribution in [0.3, 0.4) is 0 Å². The minimum atomic E-state index is -0.433. The van der Waals surface area contributed by atoms with Crippen LogP contribution in [0.25, 0.3) is 0 Å². The number of para-hydroxylation sites is 1. The Bertz CT molecular complexity index is 762. The zero-order chi connectivity index (χ0) is 17.9. The van der Waals surface area contributed by atoms with Gasteiger partial charge >= 0.3 is 5.97 Å². The van der Waals surface area contributed by atoms with Crippen LogP contribution in [0.4, 0.5) is 5.69 Å². The predicted molar refractivity (Wildman–Crippen MR) is 94.8 cm³/mol. The van der Waals surface area contributed by atoms with Gasteiger partial charge in [-0.25, -0.2) is 4.79 Å². The summed E-state index contributed by atoms with van der Waals surface area (Å²) in [6.45, 7) is 7.42. The van der Waals surface area contributed by atoms with E-state index in [1.807, 2.05) is 31.2 Å². The number of anilines is 1. The van der Waals surface area contributed by atoms with Crippen LogP contribution in [0, 0.1) is 13.8 Å². The molecule has 24 heavy (non-hydrogen) atoms. The van der Waals surface area contributed by atoms with Gasteiger partial charge in [-0.2, -0.15) is 0 Å². The van der Waals surface area contributed by atoms with Crippen LogP contribution in [0.5, 0.6) is 0 Å². The number of ketones is 1. The fourth-order valence-electron chi connectivity index (χ4n) is 2.89. The van der Waals surface area contributed by atoms with Gasteiger partial charge in [0.25, 0.3) is 0 Å². The second-order valence-corrected chi connectivity index (χ2v) is 5.86. The molecule has 1 aromatic carbocycles. The van der Waals surface area contributed by atoms with Crippen LogP contribution in [0.1, 0.15) is 51.5 Å². The highest BCUT2D eigenvalue weighted by Gasteiger charge is 2.25. The molecule has 2 N–H and O–H groups in total. The standard InChI is InChI=1S/C19H24N2O3/c1-6-14-9-7-8-10-15(14)20-13(4)18(22)17-11(2)16(12(3)21-17)19(23)24-5/h7-10,13,20-21H,6H2,1-5H3/t13-/m1/s1. The molecule has 0 amide bonds. The Morgan fingerprint density at radius 2 is 1.92 bits per heavy atom. The predicted octanol–water partition coefficient (Wildman–Crippen LogP) is 3.66. The third-order valence-electron chi connectivity index (χ3n) is 4.24. The highest BCUT2D eigenvalue weighted by atomic mass is 16.5. The van der Waals surface area contributed by atoms with E-state index in [1.54, 1.807) is 13.8 Å². The van der Waals surface area contributed by atoms with Gasteiger partial charge in [0.2, 0.25) is 5.78 Å². The lowest BCUT2D eigenvalue weighted by molar-refractivity contribution is 0.0599. The Morgan fingerprint density at radius 1 is 1.25 bits per heavy atom.